The Hall–Kier alpha value is -2.43. The number of carbonyl (C=O) groups is 3. The quantitative estimate of drug-likeness (QED) is 0.620. The first-order valence-corrected chi connectivity index (χ1v) is 6.96. The maximum atomic E-state index is 12.5. The highest BCUT2D eigenvalue weighted by Gasteiger charge is 2.39. The summed E-state index contributed by atoms with van der Waals surface area (Å²) in [6, 6.07) is 7.03. The van der Waals surface area contributed by atoms with Gasteiger partial charge in [-0.15, -0.1) is 6.58 Å². The molecule has 0 unspecified atom stereocenters. The summed E-state index contributed by atoms with van der Waals surface area (Å²) in [4.78, 5) is 36.6. The van der Waals surface area contributed by atoms with Gasteiger partial charge in [0.1, 0.15) is 11.3 Å². The van der Waals surface area contributed by atoms with Gasteiger partial charge in [-0.3, -0.25) is 14.5 Å². The highest BCUT2D eigenvalue weighted by Crippen LogP contribution is 2.29. The second kappa shape index (κ2) is 7.02. The molecule has 1 aromatic carbocycles. The molecule has 118 valence electrons. The monoisotopic (exact) mass is 303 g/mol. The number of aliphatic carboxylic acids is 1. The number of ketones is 1. The van der Waals surface area contributed by atoms with Gasteiger partial charge in [-0.05, 0) is 38.8 Å². The Bertz CT molecular complexity index is 604. The summed E-state index contributed by atoms with van der Waals surface area (Å²) in [5.74, 6) is -1.98. The average molecular weight is 303 g/mol. The van der Waals surface area contributed by atoms with Crippen LogP contribution in [0.3, 0.4) is 0 Å². The molecule has 0 saturated carbocycles. The number of carboxylic acids is 1. The maximum Gasteiger partial charge on any atom is 0.329 e. The Kier molecular flexibility index (Phi) is 5.63. The summed E-state index contributed by atoms with van der Waals surface area (Å²) >= 11 is 0. The molecule has 1 amide bonds. The van der Waals surface area contributed by atoms with Gasteiger partial charge in [-0.25, -0.2) is 4.79 Å². The minimum Gasteiger partial charge on any atom is -0.480 e. The molecule has 0 heterocycles. The van der Waals surface area contributed by atoms with Gasteiger partial charge in [-0.1, -0.05) is 24.3 Å². The van der Waals surface area contributed by atoms with Gasteiger partial charge >= 0.3 is 5.97 Å². The summed E-state index contributed by atoms with van der Waals surface area (Å²) in [5.41, 5.74) is -0.200. The molecule has 0 radical (unpaired) electrons. The SMILES string of the molecule is C=CCc1ccccc1N(C(=O)CC(C)=O)C(C)(C)C(=O)O. The number of benzene rings is 1. The van der Waals surface area contributed by atoms with Crippen molar-refractivity contribution in [3.63, 3.8) is 0 Å². The minimum absolute atomic E-state index is 0.308. The molecule has 1 N–H and O–H groups in total. The van der Waals surface area contributed by atoms with E-state index in [-0.39, 0.29) is 12.2 Å². The first kappa shape index (κ1) is 17.6. The maximum absolute atomic E-state index is 12.5. The van der Waals surface area contributed by atoms with E-state index in [4.69, 9.17) is 0 Å². The molecule has 5 heteroatoms. The summed E-state index contributed by atoms with van der Waals surface area (Å²) < 4.78 is 0. The van der Waals surface area contributed by atoms with Gasteiger partial charge in [0.2, 0.25) is 5.91 Å². The van der Waals surface area contributed by atoms with Gasteiger partial charge < -0.3 is 5.11 Å². The molecule has 1 aromatic rings. The average Bonchev–Trinajstić information content (AvgIpc) is 2.40. The third kappa shape index (κ3) is 3.81. The lowest BCUT2D eigenvalue weighted by atomic mass is 9.98. The third-order valence-corrected chi connectivity index (χ3v) is 3.33. The molecular weight excluding hydrogens is 282 g/mol. The van der Waals surface area contributed by atoms with Crippen LogP contribution in [0.4, 0.5) is 5.69 Å². The van der Waals surface area contributed by atoms with Crippen molar-refractivity contribution in [2.75, 3.05) is 4.90 Å². The molecule has 0 aromatic heterocycles. The molecule has 0 bridgehead atoms. The molecule has 22 heavy (non-hydrogen) atoms. The second-order valence-electron chi connectivity index (χ2n) is 5.59. The number of hydrogen-bond acceptors (Lipinski definition) is 3. The van der Waals surface area contributed by atoms with Crippen LogP contribution in [0.2, 0.25) is 0 Å². The molecular formula is C17H21NO4. The van der Waals surface area contributed by atoms with Crippen LogP contribution in [0, 0.1) is 0 Å². The lowest BCUT2D eigenvalue weighted by Crippen LogP contribution is -2.54. The van der Waals surface area contributed by atoms with Crippen molar-refractivity contribution in [2.24, 2.45) is 0 Å². The van der Waals surface area contributed by atoms with Gasteiger partial charge in [0.15, 0.2) is 0 Å². The predicted octanol–water partition coefficient (Wildman–Crippen LogP) is 2.59. The lowest BCUT2D eigenvalue weighted by Gasteiger charge is -2.36. The van der Waals surface area contributed by atoms with Crippen LogP contribution in [0.15, 0.2) is 36.9 Å². The van der Waals surface area contributed by atoms with E-state index in [0.717, 1.165) is 5.56 Å². The van der Waals surface area contributed by atoms with Crippen LogP contribution < -0.4 is 4.90 Å². The highest BCUT2D eigenvalue weighted by molar-refractivity contribution is 6.09. The number of Topliss-reactive ketones (excluding diaryl/α,β-unsaturated/α-hetero) is 1. The van der Waals surface area contributed by atoms with Gasteiger partial charge in [-0.2, -0.15) is 0 Å². The molecule has 0 spiro atoms. The van der Waals surface area contributed by atoms with Crippen LogP contribution in [0.25, 0.3) is 0 Å². The Labute approximate surface area is 130 Å². The predicted molar refractivity (Wildman–Crippen MR) is 84.8 cm³/mol. The third-order valence-electron chi connectivity index (χ3n) is 3.33. The van der Waals surface area contributed by atoms with Crippen molar-refractivity contribution in [2.45, 2.75) is 39.2 Å². The zero-order valence-corrected chi connectivity index (χ0v) is 13.1. The zero-order chi connectivity index (χ0) is 16.9. The van der Waals surface area contributed by atoms with Crippen LogP contribution in [0.1, 0.15) is 32.8 Å². The second-order valence-corrected chi connectivity index (χ2v) is 5.59. The van der Waals surface area contributed by atoms with E-state index in [9.17, 15) is 19.5 Å². The van der Waals surface area contributed by atoms with E-state index in [1.807, 2.05) is 12.1 Å². The van der Waals surface area contributed by atoms with E-state index in [2.05, 4.69) is 6.58 Å². The van der Waals surface area contributed by atoms with Gasteiger partial charge in [0, 0.05) is 5.69 Å². The van der Waals surface area contributed by atoms with Crippen LogP contribution in [0.5, 0.6) is 0 Å². The first-order chi connectivity index (χ1) is 10.2. The van der Waals surface area contributed by atoms with Crippen molar-refractivity contribution in [1.82, 2.24) is 0 Å². The lowest BCUT2D eigenvalue weighted by molar-refractivity contribution is -0.144. The molecule has 5 nitrogen and oxygen atoms in total. The molecule has 0 aliphatic rings. The van der Waals surface area contributed by atoms with Crippen LogP contribution in [-0.2, 0) is 20.8 Å². The largest absolute Gasteiger partial charge is 0.480 e. The van der Waals surface area contributed by atoms with Gasteiger partial charge in [0.05, 0.1) is 6.42 Å². The molecule has 0 fully saturated rings. The van der Waals surface area contributed by atoms with E-state index in [0.29, 0.717) is 12.1 Å². The van der Waals surface area contributed by atoms with Crippen molar-refractivity contribution < 1.29 is 19.5 Å². The Morgan fingerprint density at radius 1 is 1.27 bits per heavy atom. The number of amides is 1. The smallest absolute Gasteiger partial charge is 0.329 e. The highest BCUT2D eigenvalue weighted by atomic mass is 16.4. The number of para-hydroxylation sites is 1. The van der Waals surface area contributed by atoms with E-state index < -0.39 is 17.4 Å². The van der Waals surface area contributed by atoms with E-state index in [1.54, 1.807) is 18.2 Å². The van der Waals surface area contributed by atoms with E-state index >= 15 is 0 Å². The molecule has 0 aliphatic heterocycles. The summed E-state index contributed by atoms with van der Waals surface area (Å²) in [6.07, 6.45) is 1.84. The van der Waals surface area contributed by atoms with Gasteiger partial charge in [0.25, 0.3) is 0 Å². The fourth-order valence-corrected chi connectivity index (χ4v) is 2.19. The first-order valence-electron chi connectivity index (χ1n) is 6.96. The fraction of sp³-hybridized carbons (Fsp3) is 0.353. The van der Waals surface area contributed by atoms with Crippen molar-refractivity contribution in [1.29, 1.82) is 0 Å². The number of anilines is 1. The summed E-state index contributed by atoms with van der Waals surface area (Å²) in [5, 5.41) is 9.48. The standard InChI is InChI=1S/C17H21NO4/c1-5-8-13-9-6-7-10-14(13)18(15(20)11-12(2)19)17(3,4)16(21)22/h5-7,9-10H,1,8,11H2,2-4H3,(H,21,22). The summed E-state index contributed by atoms with van der Waals surface area (Å²) in [6.45, 7) is 7.86. The molecule has 0 atom stereocenters. The van der Waals surface area contributed by atoms with Crippen LogP contribution in [-0.4, -0.2) is 28.3 Å². The topological polar surface area (TPSA) is 74.7 Å². The van der Waals surface area contributed by atoms with Crippen LogP contribution >= 0.6 is 0 Å². The Morgan fingerprint density at radius 2 is 1.86 bits per heavy atom. The minimum atomic E-state index is -1.47. The Balaban J connectivity index is 3.44. The molecule has 0 saturated heterocycles. The van der Waals surface area contributed by atoms with Crippen molar-refractivity contribution >= 4 is 23.3 Å². The van der Waals surface area contributed by atoms with Crippen molar-refractivity contribution in [3.05, 3.63) is 42.5 Å². The number of nitrogens with zero attached hydrogens (tertiary/aromatic N) is 1. The van der Waals surface area contributed by atoms with E-state index in [1.165, 1.54) is 25.7 Å². The number of hydrogen-bond donors (Lipinski definition) is 1. The zero-order valence-electron chi connectivity index (χ0n) is 13.1. The number of allylic oxidation sites excluding steroid dienone is 1. The number of rotatable bonds is 7. The van der Waals surface area contributed by atoms with Crippen molar-refractivity contribution in [3.8, 4) is 0 Å². The molecule has 1 rings (SSSR count). The summed E-state index contributed by atoms with van der Waals surface area (Å²) in [7, 11) is 0. The number of carboxylic acid groups (broad SMARTS) is 1. The Morgan fingerprint density at radius 3 is 2.36 bits per heavy atom. The molecule has 0 aliphatic carbocycles. The fourth-order valence-electron chi connectivity index (χ4n) is 2.19. The number of carbonyl (C=O) groups excluding carboxylic acids is 2. The normalized spacial score (nSPS) is 10.9.